The maximum Gasteiger partial charge on any atom is 0.0481 e. The zero-order chi connectivity index (χ0) is 4.50. The van der Waals surface area contributed by atoms with E-state index in [0.29, 0.717) is 0 Å². The monoisotopic (exact) mass is 125 g/mol. The minimum Gasteiger partial charge on any atom is -0.153 e. The van der Waals surface area contributed by atoms with Gasteiger partial charge in [0.05, 0.1) is 0 Å². The molecule has 0 aliphatic carbocycles. The highest BCUT2D eigenvalue weighted by molar-refractivity contribution is 7.72. The smallest absolute Gasteiger partial charge is 0.0481 e. The Balaban J connectivity index is 0. The van der Waals surface area contributed by atoms with E-state index in [1.165, 1.54) is 0 Å². The van der Waals surface area contributed by atoms with Crippen LogP contribution in [0.15, 0.2) is 0 Å². The van der Waals surface area contributed by atoms with Crippen molar-refractivity contribution >= 4 is 17.2 Å². The predicted molar refractivity (Wildman–Crippen MR) is 41.7 cm³/mol. The Morgan fingerprint density at radius 2 is 0.833 bits per heavy atom. The molecule has 1 atom stereocenters. The van der Waals surface area contributed by atoms with E-state index in [2.05, 4.69) is 26.7 Å². The van der Waals surface area contributed by atoms with Gasteiger partial charge in [0, 0.05) is 33.9 Å². The Kier molecular flexibility index (Phi) is 4.89. The van der Waals surface area contributed by atoms with Crippen molar-refractivity contribution in [3.05, 3.63) is 0 Å². The van der Waals surface area contributed by atoms with Crippen LogP contribution in [0.1, 0.15) is 0 Å². The maximum absolute atomic E-state index is 2.30. The van der Waals surface area contributed by atoms with E-state index in [1.54, 1.807) is 0 Å². The first-order valence-electron chi connectivity index (χ1n) is 1.79. The molecule has 0 rings (SSSR count). The summed E-state index contributed by atoms with van der Waals surface area (Å²) in [7, 11) is -0.389. The molecule has 0 aromatic heterocycles. The van der Waals surface area contributed by atoms with E-state index >= 15 is 0 Å². The summed E-state index contributed by atoms with van der Waals surface area (Å²) < 4.78 is 0. The van der Waals surface area contributed by atoms with Crippen LogP contribution in [0.5, 0.6) is 0 Å². The molecule has 0 heterocycles. The summed E-state index contributed by atoms with van der Waals surface area (Å²) in [4.78, 5) is 0. The van der Waals surface area contributed by atoms with Crippen LogP contribution in [-0.4, -0.2) is 26.7 Å². The molecule has 6 heavy (non-hydrogen) atoms. The Bertz CT molecular complexity index is 21.0. The van der Waals surface area contributed by atoms with Gasteiger partial charge in [-0.25, -0.2) is 0 Å². The first-order valence-corrected chi connectivity index (χ1v) is 5.37. The van der Waals surface area contributed by atoms with Gasteiger partial charge in [-0.15, -0.1) is 0 Å². The van der Waals surface area contributed by atoms with Crippen LogP contribution < -0.4 is 0 Å². The SMILES string of the molecule is C[P+](C)(C)C.P. The van der Waals surface area contributed by atoms with Crippen LogP contribution in [0.2, 0.25) is 0 Å². The lowest BCUT2D eigenvalue weighted by Crippen LogP contribution is -1.74. The third-order valence-electron chi connectivity index (χ3n) is 0. The van der Waals surface area contributed by atoms with Gasteiger partial charge in [-0.2, -0.15) is 9.90 Å². The van der Waals surface area contributed by atoms with Gasteiger partial charge in [-0.1, -0.05) is 0 Å². The molecular formula is C4H15P2+. The van der Waals surface area contributed by atoms with Gasteiger partial charge in [0.2, 0.25) is 0 Å². The van der Waals surface area contributed by atoms with Crippen LogP contribution in [0, 0.1) is 0 Å². The summed E-state index contributed by atoms with van der Waals surface area (Å²) in [6, 6.07) is 0. The molecule has 2 heteroatoms. The van der Waals surface area contributed by atoms with Crippen LogP contribution in [0.4, 0.5) is 0 Å². The number of hydrogen-bond acceptors (Lipinski definition) is 0. The molecule has 0 N–H and O–H groups in total. The summed E-state index contributed by atoms with van der Waals surface area (Å²) >= 11 is 0. The third-order valence-corrected chi connectivity index (χ3v) is 0. The topological polar surface area (TPSA) is 0 Å². The van der Waals surface area contributed by atoms with Crippen molar-refractivity contribution in [3.8, 4) is 0 Å². The molecule has 0 aliphatic rings. The molecule has 0 aliphatic heterocycles. The van der Waals surface area contributed by atoms with Crippen molar-refractivity contribution in [2.75, 3.05) is 26.7 Å². The van der Waals surface area contributed by atoms with Crippen LogP contribution in [0.25, 0.3) is 0 Å². The lowest BCUT2D eigenvalue weighted by atomic mass is 11.8. The largest absolute Gasteiger partial charge is 0.153 e. The minimum atomic E-state index is -0.389. The lowest BCUT2D eigenvalue weighted by Gasteiger charge is -1.97. The second-order valence-electron chi connectivity index (χ2n) is 2.68. The van der Waals surface area contributed by atoms with Gasteiger partial charge in [-0.3, -0.25) is 0 Å². The standard InChI is InChI=1S/C4H12P.H3P/c1-5(2,3)4;/h1-4H3;1H3/q+1;. The van der Waals surface area contributed by atoms with Gasteiger partial charge in [0.25, 0.3) is 0 Å². The molecule has 0 fully saturated rings. The van der Waals surface area contributed by atoms with Gasteiger partial charge >= 0.3 is 0 Å². The fraction of sp³-hybridized carbons (Fsp3) is 1.00. The molecule has 0 aromatic carbocycles. The summed E-state index contributed by atoms with van der Waals surface area (Å²) in [6.45, 7) is 9.19. The van der Waals surface area contributed by atoms with Crippen molar-refractivity contribution in [2.24, 2.45) is 0 Å². The fourth-order valence-corrected chi connectivity index (χ4v) is 0. The van der Waals surface area contributed by atoms with Crippen molar-refractivity contribution in [2.45, 2.75) is 0 Å². The van der Waals surface area contributed by atoms with Crippen molar-refractivity contribution in [1.82, 2.24) is 0 Å². The first kappa shape index (κ1) is 9.97. The van der Waals surface area contributed by atoms with Crippen LogP contribution in [-0.2, 0) is 0 Å². The van der Waals surface area contributed by atoms with E-state index in [0.717, 1.165) is 0 Å². The lowest BCUT2D eigenvalue weighted by molar-refractivity contribution is 1.95. The van der Waals surface area contributed by atoms with Crippen LogP contribution in [0.3, 0.4) is 0 Å². The van der Waals surface area contributed by atoms with Crippen LogP contribution >= 0.6 is 17.2 Å². The zero-order valence-corrected chi connectivity index (χ0v) is 7.46. The normalized spacial score (nSPS) is 10.0. The van der Waals surface area contributed by atoms with Gasteiger partial charge < -0.3 is 0 Å². The molecule has 0 amide bonds. The van der Waals surface area contributed by atoms with E-state index in [9.17, 15) is 0 Å². The average molecular weight is 125 g/mol. The maximum atomic E-state index is 2.30. The van der Waals surface area contributed by atoms with E-state index in [4.69, 9.17) is 0 Å². The summed E-state index contributed by atoms with van der Waals surface area (Å²) in [6.07, 6.45) is 0. The molecule has 0 radical (unpaired) electrons. The molecule has 0 saturated heterocycles. The summed E-state index contributed by atoms with van der Waals surface area (Å²) in [5, 5.41) is 0. The average Bonchev–Trinajstić information content (AvgIpc) is 0.722. The number of rotatable bonds is 0. The second kappa shape index (κ2) is 2.94. The number of hydrogen-bond donors (Lipinski definition) is 0. The second-order valence-corrected chi connectivity index (χ2v) is 8.05. The van der Waals surface area contributed by atoms with Gasteiger partial charge in [0.1, 0.15) is 0 Å². The van der Waals surface area contributed by atoms with Crippen molar-refractivity contribution < 1.29 is 0 Å². The molecule has 0 spiro atoms. The quantitative estimate of drug-likeness (QED) is 0.431. The van der Waals surface area contributed by atoms with Gasteiger partial charge in [-0.05, 0) is 0 Å². The van der Waals surface area contributed by atoms with Crippen molar-refractivity contribution in [3.63, 3.8) is 0 Å². The zero-order valence-electron chi connectivity index (χ0n) is 5.15. The Hall–Kier alpha value is 0.860. The highest BCUT2D eigenvalue weighted by Gasteiger charge is 2.03. The molecule has 0 aromatic rings. The molecule has 0 bridgehead atoms. The molecule has 40 valence electrons. The third kappa shape index (κ3) is 97.9. The van der Waals surface area contributed by atoms with E-state index in [1.807, 2.05) is 0 Å². The minimum absolute atomic E-state index is 0. The van der Waals surface area contributed by atoms with Crippen molar-refractivity contribution in [1.29, 1.82) is 0 Å². The highest BCUT2D eigenvalue weighted by atomic mass is 31.2. The molecule has 0 saturated carbocycles. The Morgan fingerprint density at radius 3 is 0.833 bits per heavy atom. The highest BCUT2D eigenvalue weighted by Crippen LogP contribution is 2.40. The Morgan fingerprint density at radius 1 is 0.833 bits per heavy atom. The predicted octanol–water partition coefficient (Wildman–Crippen LogP) is 1.58. The molecule has 1 unspecified atom stereocenters. The van der Waals surface area contributed by atoms with E-state index in [-0.39, 0.29) is 17.2 Å². The van der Waals surface area contributed by atoms with Gasteiger partial charge in [0.15, 0.2) is 0 Å². The van der Waals surface area contributed by atoms with E-state index < -0.39 is 0 Å². The fourth-order valence-electron chi connectivity index (χ4n) is 0. The molecule has 0 nitrogen and oxygen atoms in total. The first-order chi connectivity index (χ1) is 2.00. The Labute approximate surface area is 44.7 Å². The summed E-state index contributed by atoms with van der Waals surface area (Å²) in [5.74, 6) is 0. The molecular weight excluding hydrogens is 110 g/mol. The summed E-state index contributed by atoms with van der Waals surface area (Å²) in [5.41, 5.74) is 0.